The number of rotatable bonds is 6. The minimum absolute atomic E-state index is 0.311. The second-order valence-electron chi connectivity index (χ2n) is 8.81. The first-order chi connectivity index (χ1) is 14.0. The van der Waals surface area contributed by atoms with Crippen molar-refractivity contribution in [3.63, 3.8) is 0 Å². The Labute approximate surface area is 176 Å². The lowest BCUT2D eigenvalue weighted by molar-refractivity contribution is 0.0170. The Morgan fingerprint density at radius 2 is 1.97 bits per heavy atom. The molecule has 0 radical (unpaired) electrons. The van der Waals surface area contributed by atoms with E-state index in [0.29, 0.717) is 24.0 Å². The molecule has 6 nitrogen and oxygen atoms in total. The summed E-state index contributed by atoms with van der Waals surface area (Å²) in [5.74, 6) is 1.51. The van der Waals surface area contributed by atoms with Gasteiger partial charge in [-0.05, 0) is 32.3 Å². The van der Waals surface area contributed by atoms with E-state index in [1.54, 1.807) is 0 Å². The lowest BCUT2D eigenvalue weighted by Gasteiger charge is -2.35. The summed E-state index contributed by atoms with van der Waals surface area (Å²) < 4.78 is 5.58. The standard InChI is InChI=1S/C23H39N5O/c1-17(2)28-15-19(4)21(16-28)26-23(24-5)25-14-22(27-9-11-29-12-10-27)20-8-6-7-18(3)13-20/h6-8,13,17,19,21-22H,9-12,14-16H2,1-5H3,(H2,24,25,26). The van der Waals surface area contributed by atoms with E-state index in [9.17, 15) is 0 Å². The Bertz CT molecular complexity index is 671. The van der Waals surface area contributed by atoms with Gasteiger partial charge in [0.2, 0.25) is 0 Å². The van der Waals surface area contributed by atoms with Crippen LogP contribution in [0.15, 0.2) is 29.3 Å². The van der Waals surface area contributed by atoms with E-state index in [-0.39, 0.29) is 0 Å². The summed E-state index contributed by atoms with van der Waals surface area (Å²) in [4.78, 5) is 9.58. The molecule has 2 heterocycles. The van der Waals surface area contributed by atoms with Crippen LogP contribution in [-0.4, -0.2) is 80.8 Å². The quantitative estimate of drug-likeness (QED) is 0.566. The van der Waals surface area contributed by atoms with Crippen LogP contribution in [0.2, 0.25) is 0 Å². The molecule has 2 aliphatic heterocycles. The summed E-state index contributed by atoms with van der Waals surface area (Å²) in [6.45, 7) is 15.6. The molecule has 2 fully saturated rings. The fourth-order valence-corrected chi connectivity index (χ4v) is 4.40. The molecule has 162 valence electrons. The minimum Gasteiger partial charge on any atom is -0.379 e. The number of nitrogens with one attached hydrogen (secondary N) is 2. The maximum absolute atomic E-state index is 5.58. The first kappa shape index (κ1) is 22.1. The Morgan fingerprint density at radius 1 is 1.21 bits per heavy atom. The molecule has 3 unspecified atom stereocenters. The maximum atomic E-state index is 5.58. The molecule has 29 heavy (non-hydrogen) atoms. The minimum atomic E-state index is 0.311. The zero-order valence-electron chi connectivity index (χ0n) is 18.8. The number of nitrogens with zero attached hydrogens (tertiary/aromatic N) is 3. The van der Waals surface area contributed by atoms with E-state index >= 15 is 0 Å². The molecule has 0 aromatic heterocycles. The van der Waals surface area contributed by atoms with Crippen molar-refractivity contribution in [3.8, 4) is 0 Å². The highest BCUT2D eigenvalue weighted by Crippen LogP contribution is 2.22. The number of benzene rings is 1. The van der Waals surface area contributed by atoms with Crippen LogP contribution in [0.3, 0.4) is 0 Å². The van der Waals surface area contributed by atoms with Gasteiger partial charge in [-0.2, -0.15) is 0 Å². The Morgan fingerprint density at radius 3 is 2.59 bits per heavy atom. The van der Waals surface area contributed by atoms with Gasteiger partial charge in [0.25, 0.3) is 0 Å². The predicted molar refractivity (Wildman–Crippen MR) is 120 cm³/mol. The Kier molecular flexibility index (Phi) is 7.92. The fraction of sp³-hybridized carbons (Fsp3) is 0.696. The molecule has 1 aromatic rings. The van der Waals surface area contributed by atoms with E-state index in [1.165, 1.54) is 11.1 Å². The van der Waals surface area contributed by atoms with Crippen LogP contribution in [0, 0.1) is 12.8 Å². The number of hydrogen-bond donors (Lipinski definition) is 2. The number of morpholine rings is 1. The zero-order valence-corrected chi connectivity index (χ0v) is 18.8. The molecule has 3 atom stereocenters. The van der Waals surface area contributed by atoms with Crippen LogP contribution in [0.1, 0.15) is 37.9 Å². The molecule has 2 saturated heterocycles. The number of hydrogen-bond acceptors (Lipinski definition) is 4. The summed E-state index contributed by atoms with van der Waals surface area (Å²) >= 11 is 0. The van der Waals surface area contributed by atoms with Crippen LogP contribution in [0.25, 0.3) is 0 Å². The van der Waals surface area contributed by atoms with Gasteiger partial charge >= 0.3 is 0 Å². The third kappa shape index (κ3) is 5.93. The van der Waals surface area contributed by atoms with Gasteiger partial charge in [-0.3, -0.25) is 14.8 Å². The van der Waals surface area contributed by atoms with E-state index in [2.05, 4.69) is 77.4 Å². The first-order valence-corrected chi connectivity index (χ1v) is 11.1. The lowest BCUT2D eigenvalue weighted by atomic mass is 10.0. The highest BCUT2D eigenvalue weighted by molar-refractivity contribution is 5.80. The number of aliphatic imine (C=N–C) groups is 1. The largest absolute Gasteiger partial charge is 0.379 e. The van der Waals surface area contributed by atoms with Crippen molar-refractivity contribution in [1.29, 1.82) is 0 Å². The molecule has 0 bridgehead atoms. The number of ether oxygens (including phenoxy) is 1. The maximum Gasteiger partial charge on any atom is 0.191 e. The van der Waals surface area contributed by atoms with Crippen molar-refractivity contribution in [2.24, 2.45) is 10.9 Å². The summed E-state index contributed by atoms with van der Waals surface area (Å²) in [5, 5.41) is 7.29. The monoisotopic (exact) mass is 401 g/mol. The average Bonchev–Trinajstić information content (AvgIpc) is 3.09. The molecular weight excluding hydrogens is 362 g/mol. The van der Waals surface area contributed by atoms with Crippen LogP contribution in [-0.2, 0) is 4.74 Å². The molecule has 0 saturated carbocycles. The van der Waals surface area contributed by atoms with Crippen molar-refractivity contribution < 1.29 is 4.74 Å². The number of aryl methyl sites for hydroxylation is 1. The van der Waals surface area contributed by atoms with Crippen molar-refractivity contribution in [2.45, 2.75) is 45.8 Å². The smallest absolute Gasteiger partial charge is 0.191 e. The third-order valence-electron chi connectivity index (χ3n) is 6.29. The summed E-state index contributed by atoms with van der Waals surface area (Å²) in [6, 6.07) is 10.2. The molecule has 0 aliphatic carbocycles. The molecule has 0 spiro atoms. The molecule has 2 aliphatic rings. The van der Waals surface area contributed by atoms with Crippen molar-refractivity contribution in [3.05, 3.63) is 35.4 Å². The Hall–Kier alpha value is -1.63. The van der Waals surface area contributed by atoms with Gasteiger partial charge < -0.3 is 15.4 Å². The van der Waals surface area contributed by atoms with Crippen LogP contribution in [0.5, 0.6) is 0 Å². The number of likely N-dealkylation sites (tertiary alicyclic amines) is 1. The van der Waals surface area contributed by atoms with E-state index in [0.717, 1.165) is 51.9 Å². The van der Waals surface area contributed by atoms with Gasteiger partial charge in [0.1, 0.15) is 0 Å². The van der Waals surface area contributed by atoms with Crippen molar-refractivity contribution >= 4 is 5.96 Å². The van der Waals surface area contributed by atoms with Gasteiger partial charge in [-0.1, -0.05) is 36.8 Å². The van der Waals surface area contributed by atoms with E-state index in [1.807, 2.05) is 7.05 Å². The molecule has 0 amide bonds. The van der Waals surface area contributed by atoms with Crippen LogP contribution in [0.4, 0.5) is 0 Å². The molecule has 3 rings (SSSR count). The second kappa shape index (κ2) is 10.4. The Balaban J connectivity index is 1.64. The summed E-state index contributed by atoms with van der Waals surface area (Å²) in [7, 11) is 1.87. The van der Waals surface area contributed by atoms with E-state index < -0.39 is 0 Å². The average molecular weight is 402 g/mol. The molecule has 6 heteroatoms. The molecular formula is C23H39N5O. The summed E-state index contributed by atoms with van der Waals surface area (Å²) in [6.07, 6.45) is 0. The lowest BCUT2D eigenvalue weighted by Crippen LogP contribution is -2.50. The van der Waals surface area contributed by atoms with E-state index in [4.69, 9.17) is 4.74 Å². The van der Waals surface area contributed by atoms with Crippen molar-refractivity contribution in [2.75, 3.05) is 53.0 Å². The topological polar surface area (TPSA) is 52.1 Å². The first-order valence-electron chi connectivity index (χ1n) is 11.1. The highest BCUT2D eigenvalue weighted by Gasteiger charge is 2.31. The molecule has 1 aromatic carbocycles. The highest BCUT2D eigenvalue weighted by atomic mass is 16.5. The third-order valence-corrected chi connectivity index (χ3v) is 6.29. The fourth-order valence-electron chi connectivity index (χ4n) is 4.40. The van der Waals surface area contributed by atoms with Gasteiger partial charge in [-0.25, -0.2) is 0 Å². The zero-order chi connectivity index (χ0) is 20.8. The van der Waals surface area contributed by atoms with Gasteiger partial charge in [0.05, 0.1) is 19.3 Å². The SMILES string of the molecule is CN=C(NCC(c1cccc(C)c1)N1CCOCC1)NC1CN(C(C)C)CC1C. The van der Waals surface area contributed by atoms with Crippen LogP contribution < -0.4 is 10.6 Å². The summed E-state index contributed by atoms with van der Waals surface area (Å²) in [5.41, 5.74) is 2.66. The molecule has 2 N–H and O–H groups in total. The second-order valence-corrected chi connectivity index (χ2v) is 8.81. The predicted octanol–water partition coefficient (Wildman–Crippen LogP) is 2.26. The van der Waals surface area contributed by atoms with Gasteiger partial charge in [0, 0.05) is 51.9 Å². The van der Waals surface area contributed by atoms with Gasteiger partial charge in [0.15, 0.2) is 5.96 Å². The van der Waals surface area contributed by atoms with Gasteiger partial charge in [-0.15, -0.1) is 0 Å². The normalized spacial score (nSPS) is 25.4. The van der Waals surface area contributed by atoms with Crippen LogP contribution >= 0.6 is 0 Å². The van der Waals surface area contributed by atoms with Crippen molar-refractivity contribution in [1.82, 2.24) is 20.4 Å². The number of guanidine groups is 1.